The van der Waals surface area contributed by atoms with Gasteiger partial charge in [-0.3, -0.25) is 4.79 Å². The maximum absolute atomic E-state index is 10.9. The first kappa shape index (κ1) is 12.8. The van der Waals surface area contributed by atoms with Gasteiger partial charge in [0, 0.05) is 5.56 Å². The monoisotopic (exact) mass is 243 g/mol. The van der Waals surface area contributed by atoms with Gasteiger partial charge >= 0.3 is 5.97 Å². The first-order valence-corrected chi connectivity index (χ1v) is 5.10. The highest BCUT2D eigenvalue weighted by atomic mass is 35.5. The molecule has 0 aliphatic heterocycles. The van der Waals surface area contributed by atoms with Gasteiger partial charge in [-0.05, 0) is 31.0 Å². The number of aliphatic carboxylic acids is 1. The molecule has 0 saturated carbocycles. The van der Waals surface area contributed by atoms with Crippen molar-refractivity contribution in [1.29, 1.82) is 0 Å². The average molecular weight is 244 g/mol. The summed E-state index contributed by atoms with van der Waals surface area (Å²) < 4.78 is 5.11. The van der Waals surface area contributed by atoms with Crippen molar-refractivity contribution < 1.29 is 14.6 Å². The molecule has 0 heterocycles. The molecule has 0 spiro atoms. The van der Waals surface area contributed by atoms with E-state index in [1.165, 1.54) is 7.11 Å². The Kier molecular flexibility index (Phi) is 3.78. The SMILES string of the molecule is COc1c(Cl)cc(C)c(C)c1C(N)C(=O)O. The molecule has 0 aromatic heterocycles. The zero-order valence-electron chi connectivity index (χ0n) is 9.37. The lowest BCUT2D eigenvalue weighted by Gasteiger charge is -2.18. The summed E-state index contributed by atoms with van der Waals surface area (Å²) in [7, 11) is 1.44. The Morgan fingerprint density at radius 2 is 2.12 bits per heavy atom. The predicted octanol–water partition coefficient (Wildman–Crippen LogP) is 2.05. The van der Waals surface area contributed by atoms with Crippen molar-refractivity contribution in [3.05, 3.63) is 27.8 Å². The minimum absolute atomic E-state index is 0.333. The molecule has 0 aliphatic rings. The van der Waals surface area contributed by atoms with Crippen LogP contribution in [0.25, 0.3) is 0 Å². The van der Waals surface area contributed by atoms with Gasteiger partial charge in [0.05, 0.1) is 12.1 Å². The molecule has 0 bridgehead atoms. The maximum Gasteiger partial charge on any atom is 0.325 e. The van der Waals surface area contributed by atoms with Crippen LogP contribution in [0.15, 0.2) is 6.07 Å². The highest BCUT2D eigenvalue weighted by Gasteiger charge is 2.24. The van der Waals surface area contributed by atoms with E-state index < -0.39 is 12.0 Å². The number of halogens is 1. The van der Waals surface area contributed by atoms with E-state index in [1.54, 1.807) is 13.0 Å². The van der Waals surface area contributed by atoms with Crippen molar-refractivity contribution in [2.75, 3.05) is 7.11 Å². The minimum atomic E-state index is -1.13. The molecule has 0 aliphatic carbocycles. The second-order valence-corrected chi connectivity index (χ2v) is 3.97. The third-order valence-electron chi connectivity index (χ3n) is 2.58. The highest BCUT2D eigenvalue weighted by Crippen LogP contribution is 2.36. The zero-order chi connectivity index (χ0) is 12.5. The van der Waals surface area contributed by atoms with Gasteiger partial charge in [-0.1, -0.05) is 11.6 Å². The first-order valence-electron chi connectivity index (χ1n) is 4.72. The summed E-state index contributed by atoms with van der Waals surface area (Å²) in [6.45, 7) is 3.64. The van der Waals surface area contributed by atoms with E-state index in [-0.39, 0.29) is 0 Å². The van der Waals surface area contributed by atoms with Gasteiger partial charge in [-0.15, -0.1) is 0 Å². The van der Waals surface area contributed by atoms with Gasteiger partial charge in [-0.2, -0.15) is 0 Å². The molecule has 0 radical (unpaired) electrons. The Morgan fingerprint density at radius 3 is 2.56 bits per heavy atom. The number of methoxy groups -OCH3 is 1. The number of aryl methyl sites for hydroxylation is 1. The Balaban J connectivity index is 3.50. The van der Waals surface area contributed by atoms with Crippen LogP contribution in [0.3, 0.4) is 0 Å². The number of nitrogens with two attached hydrogens (primary N) is 1. The van der Waals surface area contributed by atoms with Crippen LogP contribution < -0.4 is 10.5 Å². The molecule has 4 nitrogen and oxygen atoms in total. The van der Waals surface area contributed by atoms with Gasteiger partial charge < -0.3 is 15.6 Å². The quantitative estimate of drug-likeness (QED) is 0.852. The molecule has 1 rings (SSSR count). The second kappa shape index (κ2) is 4.72. The predicted molar refractivity (Wildman–Crippen MR) is 62.0 cm³/mol. The number of benzene rings is 1. The van der Waals surface area contributed by atoms with Crippen LogP contribution in [0.2, 0.25) is 5.02 Å². The number of carboxylic acids is 1. The molecule has 1 aromatic rings. The van der Waals surface area contributed by atoms with Crippen molar-refractivity contribution in [2.24, 2.45) is 5.73 Å². The zero-order valence-corrected chi connectivity index (χ0v) is 10.1. The van der Waals surface area contributed by atoms with Crippen LogP contribution in [0.5, 0.6) is 5.75 Å². The minimum Gasteiger partial charge on any atom is -0.495 e. The lowest BCUT2D eigenvalue weighted by molar-refractivity contribution is -0.138. The van der Waals surface area contributed by atoms with Crippen molar-refractivity contribution in [1.82, 2.24) is 0 Å². The summed E-state index contributed by atoms with van der Waals surface area (Å²) in [5.41, 5.74) is 7.72. The Labute approximate surface area is 99.0 Å². The summed E-state index contributed by atoms with van der Waals surface area (Å²) in [5, 5.41) is 9.31. The number of carboxylic acid groups (broad SMARTS) is 1. The number of hydrogen-bond donors (Lipinski definition) is 2. The van der Waals surface area contributed by atoms with Gasteiger partial charge in [0.1, 0.15) is 11.8 Å². The smallest absolute Gasteiger partial charge is 0.325 e. The van der Waals surface area contributed by atoms with E-state index in [9.17, 15) is 4.79 Å². The van der Waals surface area contributed by atoms with Crippen LogP contribution >= 0.6 is 11.6 Å². The van der Waals surface area contributed by atoms with E-state index in [1.807, 2.05) is 6.92 Å². The molecule has 16 heavy (non-hydrogen) atoms. The van der Waals surface area contributed by atoms with Crippen molar-refractivity contribution in [3.63, 3.8) is 0 Å². The molecule has 88 valence electrons. The molecule has 1 unspecified atom stereocenters. The summed E-state index contributed by atoms with van der Waals surface area (Å²) >= 11 is 5.98. The molecular weight excluding hydrogens is 230 g/mol. The lowest BCUT2D eigenvalue weighted by Crippen LogP contribution is -2.22. The molecule has 5 heteroatoms. The number of hydrogen-bond acceptors (Lipinski definition) is 3. The van der Waals surface area contributed by atoms with E-state index in [0.29, 0.717) is 16.3 Å². The van der Waals surface area contributed by atoms with E-state index in [2.05, 4.69) is 0 Å². The van der Waals surface area contributed by atoms with Crippen molar-refractivity contribution in [2.45, 2.75) is 19.9 Å². The highest BCUT2D eigenvalue weighted by molar-refractivity contribution is 6.32. The van der Waals surface area contributed by atoms with Gasteiger partial charge in [0.15, 0.2) is 0 Å². The normalized spacial score (nSPS) is 12.3. The van der Waals surface area contributed by atoms with Gasteiger partial charge in [-0.25, -0.2) is 0 Å². The third kappa shape index (κ3) is 2.13. The number of rotatable bonds is 3. The van der Waals surface area contributed by atoms with Gasteiger partial charge in [0.2, 0.25) is 0 Å². The summed E-state index contributed by atoms with van der Waals surface area (Å²) in [5.74, 6) is -0.775. The van der Waals surface area contributed by atoms with E-state index in [4.69, 9.17) is 27.2 Å². The standard InChI is InChI=1S/C11H14ClNO3/c1-5-4-7(12)10(16-3)8(6(5)2)9(13)11(14)15/h4,9H,13H2,1-3H3,(H,14,15). The van der Waals surface area contributed by atoms with Crippen LogP contribution in [-0.4, -0.2) is 18.2 Å². The van der Waals surface area contributed by atoms with E-state index in [0.717, 1.165) is 11.1 Å². The summed E-state index contributed by atoms with van der Waals surface area (Å²) in [4.78, 5) is 10.9. The topological polar surface area (TPSA) is 72.5 Å². The maximum atomic E-state index is 10.9. The Bertz CT molecular complexity index is 432. The average Bonchev–Trinajstić information content (AvgIpc) is 2.21. The van der Waals surface area contributed by atoms with Crippen molar-refractivity contribution >= 4 is 17.6 Å². The van der Waals surface area contributed by atoms with Crippen LogP contribution in [-0.2, 0) is 4.79 Å². The van der Waals surface area contributed by atoms with Gasteiger partial charge in [0.25, 0.3) is 0 Å². The van der Waals surface area contributed by atoms with E-state index >= 15 is 0 Å². The Hall–Kier alpha value is -1.26. The molecule has 1 atom stereocenters. The largest absolute Gasteiger partial charge is 0.495 e. The summed E-state index contributed by atoms with van der Waals surface area (Å²) in [6, 6.07) is 0.598. The number of carbonyl (C=O) groups is 1. The third-order valence-corrected chi connectivity index (χ3v) is 2.86. The molecule has 1 aromatic carbocycles. The molecule has 0 amide bonds. The van der Waals surface area contributed by atoms with Crippen LogP contribution in [0.4, 0.5) is 0 Å². The van der Waals surface area contributed by atoms with Crippen LogP contribution in [0, 0.1) is 13.8 Å². The molecule has 0 fully saturated rings. The van der Waals surface area contributed by atoms with Crippen molar-refractivity contribution in [3.8, 4) is 5.75 Å². The fourth-order valence-electron chi connectivity index (χ4n) is 1.58. The second-order valence-electron chi connectivity index (χ2n) is 3.56. The lowest BCUT2D eigenvalue weighted by atomic mass is 9.96. The molecular formula is C11H14ClNO3. The fourth-order valence-corrected chi connectivity index (χ4v) is 1.92. The summed E-state index contributed by atoms with van der Waals surface area (Å²) in [6.07, 6.45) is 0. The Morgan fingerprint density at radius 1 is 1.56 bits per heavy atom. The molecule has 0 saturated heterocycles. The molecule has 3 N–H and O–H groups in total. The first-order chi connectivity index (χ1) is 7.40. The number of ether oxygens (including phenoxy) is 1. The fraction of sp³-hybridized carbons (Fsp3) is 0.364. The van der Waals surface area contributed by atoms with Crippen LogP contribution in [0.1, 0.15) is 22.7 Å².